The van der Waals surface area contributed by atoms with Gasteiger partial charge in [-0.2, -0.15) is 13.2 Å². The number of carbonyl (C=O) groups is 1. The lowest BCUT2D eigenvalue weighted by atomic mass is 10.1. The minimum Gasteiger partial charge on any atom is -0.354 e. The average molecular weight is 398 g/mol. The molecule has 0 atom stereocenters. The van der Waals surface area contributed by atoms with Gasteiger partial charge < -0.3 is 9.80 Å². The molecule has 0 N–H and O–H groups in total. The molecule has 4 nitrogen and oxygen atoms in total. The Labute approximate surface area is 160 Å². The zero-order chi connectivity index (χ0) is 19.4. The number of benzene rings is 1. The van der Waals surface area contributed by atoms with Crippen molar-refractivity contribution in [2.45, 2.75) is 19.0 Å². The fourth-order valence-electron chi connectivity index (χ4n) is 3.08. The van der Waals surface area contributed by atoms with E-state index in [1.165, 1.54) is 0 Å². The average Bonchev–Trinajstić information content (AvgIpc) is 2.88. The molecule has 3 rings (SSSR count). The molecule has 2 heterocycles. The van der Waals surface area contributed by atoms with Gasteiger partial charge in [-0.15, -0.1) is 0 Å². The molecule has 27 heavy (non-hydrogen) atoms. The number of carbonyl (C=O) groups excluding carboxylic acids is 1. The summed E-state index contributed by atoms with van der Waals surface area (Å²) in [5.74, 6) is 0.358. The summed E-state index contributed by atoms with van der Waals surface area (Å²) in [5, 5.41) is -0.0334. The van der Waals surface area contributed by atoms with Crippen molar-refractivity contribution >= 4 is 23.3 Å². The van der Waals surface area contributed by atoms with Gasteiger partial charge in [-0.05, 0) is 18.1 Å². The number of hydrogen-bond acceptors (Lipinski definition) is 3. The van der Waals surface area contributed by atoms with Gasteiger partial charge in [-0.1, -0.05) is 41.9 Å². The second-order valence-electron chi connectivity index (χ2n) is 6.41. The van der Waals surface area contributed by atoms with Crippen LogP contribution in [0.5, 0.6) is 0 Å². The summed E-state index contributed by atoms with van der Waals surface area (Å²) in [6.07, 6.45) is -2.65. The van der Waals surface area contributed by atoms with Crippen LogP contribution in [0.4, 0.5) is 19.0 Å². The van der Waals surface area contributed by atoms with Crippen molar-refractivity contribution in [1.82, 2.24) is 9.88 Å². The molecule has 1 fully saturated rings. The minimum atomic E-state index is -4.48. The summed E-state index contributed by atoms with van der Waals surface area (Å²) >= 11 is 6.04. The number of amides is 1. The molecule has 0 radical (unpaired) electrons. The zero-order valence-corrected chi connectivity index (χ0v) is 15.3. The van der Waals surface area contributed by atoms with E-state index in [0.29, 0.717) is 44.8 Å². The van der Waals surface area contributed by atoms with Crippen LogP contribution in [0.2, 0.25) is 5.02 Å². The van der Waals surface area contributed by atoms with Crippen molar-refractivity contribution in [2.24, 2.45) is 0 Å². The minimum absolute atomic E-state index is 0.0334. The van der Waals surface area contributed by atoms with Crippen molar-refractivity contribution in [2.75, 3.05) is 31.1 Å². The van der Waals surface area contributed by atoms with Crippen LogP contribution in [0.25, 0.3) is 0 Å². The second-order valence-corrected chi connectivity index (χ2v) is 6.82. The Bertz CT molecular complexity index is 799. The number of rotatable bonds is 3. The quantitative estimate of drug-likeness (QED) is 0.784. The highest BCUT2D eigenvalue weighted by Crippen LogP contribution is 2.33. The van der Waals surface area contributed by atoms with E-state index in [1.807, 2.05) is 35.2 Å². The fourth-order valence-corrected chi connectivity index (χ4v) is 3.37. The smallest absolute Gasteiger partial charge is 0.354 e. The van der Waals surface area contributed by atoms with Gasteiger partial charge in [-0.3, -0.25) is 4.79 Å². The fraction of sp³-hybridized carbons (Fsp3) is 0.368. The van der Waals surface area contributed by atoms with Crippen molar-refractivity contribution in [3.63, 3.8) is 0 Å². The molecule has 1 aliphatic rings. The molecule has 0 aliphatic carbocycles. The van der Waals surface area contributed by atoms with Crippen molar-refractivity contribution in [1.29, 1.82) is 0 Å². The Morgan fingerprint density at radius 1 is 1.11 bits per heavy atom. The SMILES string of the molecule is O=C(Cc1ccccc1)N1CCCN(c2ncc(C(F)(F)F)cc2Cl)CC1. The maximum Gasteiger partial charge on any atom is 0.417 e. The summed E-state index contributed by atoms with van der Waals surface area (Å²) in [6, 6.07) is 10.4. The Kier molecular flexibility index (Phi) is 5.89. The van der Waals surface area contributed by atoms with Crippen molar-refractivity contribution in [3.8, 4) is 0 Å². The molecule has 1 amide bonds. The third-order valence-corrected chi connectivity index (χ3v) is 4.77. The van der Waals surface area contributed by atoms with Crippen LogP contribution in [0, 0.1) is 0 Å². The molecule has 144 valence electrons. The third-order valence-electron chi connectivity index (χ3n) is 4.50. The maximum atomic E-state index is 12.8. The molecule has 1 aromatic carbocycles. The van der Waals surface area contributed by atoms with E-state index >= 15 is 0 Å². The van der Waals surface area contributed by atoms with Crippen LogP contribution in [-0.4, -0.2) is 42.0 Å². The summed E-state index contributed by atoms with van der Waals surface area (Å²) in [7, 11) is 0. The Morgan fingerprint density at radius 2 is 1.85 bits per heavy atom. The highest BCUT2D eigenvalue weighted by atomic mass is 35.5. The van der Waals surface area contributed by atoms with E-state index in [2.05, 4.69) is 4.98 Å². The Hall–Kier alpha value is -2.28. The monoisotopic (exact) mass is 397 g/mol. The predicted molar refractivity (Wildman–Crippen MR) is 97.8 cm³/mol. The molecule has 0 unspecified atom stereocenters. The highest BCUT2D eigenvalue weighted by molar-refractivity contribution is 6.33. The van der Waals surface area contributed by atoms with E-state index in [0.717, 1.165) is 17.8 Å². The molecule has 8 heteroatoms. The van der Waals surface area contributed by atoms with Gasteiger partial charge in [0.25, 0.3) is 0 Å². The predicted octanol–water partition coefficient (Wildman–Crippen LogP) is 4.04. The van der Waals surface area contributed by atoms with E-state index in [-0.39, 0.29) is 10.9 Å². The van der Waals surface area contributed by atoms with Gasteiger partial charge in [0.15, 0.2) is 0 Å². The third kappa shape index (κ3) is 4.91. The summed E-state index contributed by atoms with van der Waals surface area (Å²) < 4.78 is 38.3. The van der Waals surface area contributed by atoms with Crippen LogP contribution in [-0.2, 0) is 17.4 Å². The topological polar surface area (TPSA) is 36.4 Å². The van der Waals surface area contributed by atoms with Gasteiger partial charge in [0.05, 0.1) is 17.0 Å². The van der Waals surface area contributed by atoms with Gasteiger partial charge in [0.1, 0.15) is 5.82 Å². The number of anilines is 1. The van der Waals surface area contributed by atoms with E-state index in [9.17, 15) is 18.0 Å². The van der Waals surface area contributed by atoms with Crippen molar-refractivity contribution < 1.29 is 18.0 Å². The number of hydrogen-bond donors (Lipinski definition) is 0. The first kappa shape index (κ1) is 19.5. The molecule has 0 saturated carbocycles. The number of alkyl halides is 3. The van der Waals surface area contributed by atoms with Crippen LogP contribution in [0.3, 0.4) is 0 Å². The number of pyridine rings is 1. The van der Waals surface area contributed by atoms with E-state index in [4.69, 9.17) is 11.6 Å². The van der Waals surface area contributed by atoms with E-state index in [1.54, 1.807) is 4.90 Å². The van der Waals surface area contributed by atoms with Gasteiger partial charge in [0.2, 0.25) is 5.91 Å². The summed E-state index contributed by atoms with van der Waals surface area (Å²) in [6.45, 7) is 2.12. The molecule has 0 bridgehead atoms. The van der Waals surface area contributed by atoms with Gasteiger partial charge in [-0.25, -0.2) is 4.98 Å². The first-order valence-corrected chi connectivity index (χ1v) is 9.02. The number of aromatic nitrogens is 1. The van der Waals surface area contributed by atoms with Crippen LogP contribution in [0.1, 0.15) is 17.5 Å². The molecule has 0 spiro atoms. The standard InChI is InChI=1S/C19H19ClF3N3O/c20-16-12-15(19(21,22)23)13-24-18(16)26-8-4-7-25(9-10-26)17(27)11-14-5-2-1-3-6-14/h1-3,5-6,12-13H,4,7-11H2. The maximum absolute atomic E-state index is 12.8. The molecular formula is C19H19ClF3N3O. The Morgan fingerprint density at radius 3 is 2.52 bits per heavy atom. The lowest BCUT2D eigenvalue weighted by Crippen LogP contribution is -2.36. The summed E-state index contributed by atoms with van der Waals surface area (Å²) in [5.41, 5.74) is 0.0850. The normalized spacial score (nSPS) is 15.6. The number of nitrogens with zero attached hydrogens (tertiary/aromatic N) is 3. The van der Waals surface area contributed by atoms with Crippen LogP contribution >= 0.6 is 11.6 Å². The zero-order valence-electron chi connectivity index (χ0n) is 14.5. The first-order chi connectivity index (χ1) is 12.8. The van der Waals surface area contributed by atoms with Gasteiger partial charge in [0, 0.05) is 32.4 Å². The molecule has 1 aliphatic heterocycles. The molecule has 1 aromatic heterocycles. The second kappa shape index (κ2) is 8.17. The molecule has 2 aromatic rings. The highest BCUT2D eigenvalue weighted by Gasteiger charge is 2.32. The first-order valence-electron chi connectivity index (χ1n) is 8.64. The van der Waals surface area contributed by atoms with Crippen LogP contribution in [0.15, 0.2) is 42.6 Å². The Balaban J connectivity index is 1.65. The lowest BCUT2D eigenvalue weighted by Gasteiger charge is -2.24. The molecular weight excluding hydrogens is 379 g/mol. The molecule has 1 saturated heterocycles. The summed E-state index contributed by atoms with van der Waals surface area (Å²) in [4.78, 5) is 20.1. The number of halogens is 4. The van der Waals surface area contributed by atoms with E-state index < -0.39 is 11.7 Å². The lowest BCUT2D eigenvalue weighted by molar-refractivity contribution is -0.137. The van der Waals surface area contributed by atoms with Crippen molar-refractivity contribution in [3.05, 3.63) is 58.7 Å². The van der Waals surface area contributed by atoms with Gasteiger partial charge >= 0.3 is 6.18 Å². The largest absolute Gasteiger partial charge is 0.417 e. The van der Waals surface area contributed by atoms with Crippen LogP contribution < -0.4 is 4.90 Å².